The molecule has 0 amide bonds. The molecule has 0 radical (unpaired) electrons. The number of H-pyrrole nitrogens is 1. The molecule has 2 rings (SSSR count). The maximum Gasteiger partial charge on any atom is 0.157 e. The van der Waals surface area contributed by atoms with E-state index in [1.165, 1.54) is 0 Å². The molecule has 0 aliphatic rings. The number of aromatic nitrogens is 2. The Labute approximate surface area is 88.3 Å². The van der Waals surface area contributed by atoms with Crippen LogP contribution in [-0.2, 0) is 0 Å². The lowest BCUT2D eigenvalue weighted by Gasteiger charge is -2.07. The fourth-order valence-electron chi connectivity index (χ4n) is 1.68. The van der Waals surface area contributed by atoms with Gasteiger partial charge in [0.15, 0.2) is 5.82 Å². The third-order valence-corrected chi connectivity index (χ3v) is 2.46. The van der Waals surface area contributed by atoms with Gasteiger partial charge in [0.25, 0.3) is 0 Å². The lowest BCUT2D eigenvalue weighted by atomic mass is 10.2. The van der Waals surface area contributed by atoms with Crippen molar-refractivity contribution >= 4 is 28.1 Å². The fourth-order valence-corrected chi connectivity index (χ4v) is 1.68. The van der Waals surface area contributed by atoms with Gasteiger partial charge in [0.05, 0.1) is 10.9 Å². The summed E-state index contributed by atoms with van der Waals surface area (Å²) in [6, 6.07) is 4.09. The van der Waals surface area contributed by atoms with Crippen LogP contribution in [0, 0.1) is 0 Å². The van der Waals surface area contributed by atoms with Crippen LogP contribution in [0.1, 0.15) is 0 Å². The topological polar surface area (TPSA) is 64.8 Å². The molecule has 0 atom stereocenters. The Bertz CT molecular complexity index is 474. The molecular weight excluding hydrogens is 190 g/mol. The SMILES string of the molecule is CNc1cc(NC)c2c(NC)n[nH]c2c1. The van der Waals surface area contributed by atoms with Gasteiger partial charge in [-0.1, -0.05) is 0 Å². The van der Waals surface area contributed by atoms with Crippen LogP contribution < -0.4 is 16.0 Å². The molecule has 2 aromatic rings. The van der Waals surface area contributed by atoms with Crippen molar-refractivity contribution < 1.29 is 0 Å². The first-order valence-electron chi connectivity index (χ1n) is 4.85. The number of nitrogens with zero attached hydrogens (tertiary/aromatic N) is 1. The molecule has 1 aromatic carbocycles. The Balaban J connectivity index is 2.72. The first kappa shape index (κ1) is 9.64. The van der Waals surface area contributed by atoms with Gasteiger partial charge in [0, 0.05) is 32.5 Å². The maximum atomic E-state index is 4.19. The molecule has 4 N–H and O–H groups in total. The van der Waals surface area contributed by atoms with E-state index in [9.17, 15) is 0 Å². The summed E-state index contributed by atoms with van der Waals surface area (Å²) in [5.41, 5.74) is 3.11. The lowest BCUT2D eigenvalue weighted by Crippen LogP contribution is -1.95. The predicted octanol–water partition coefficient (Wildman–Crippen LogP) is 1.69. The summed E-state index contributed by atoms with van der Waals surface area (Å²) >= 11 is 0. The van der Waals surface area contributed by atoms with Gasteiger partial charge in [0.1, 0.15) is 0 Å². The van der Waals surface area contributed by atoms with Gasteiger partial charge in [-0.05, 0) is 12.1 Å². The molecule has 0 aliphatic carbocycles. The van der Waals surface area contributed by atoms with E-state index in [1.54, 1.807) is 0 Å². The Morgan fingerprint density at radius 3 is 2.47 bits per heavy atom. The number of rotatable bonds is 3. The fraction of sp³-hybridized carbons (Fsp3) is 0.300. The standard InChI is InChI=1S/C10H15N5/c1-11-6-4-7(12-2)9-8(5-6)14-15-10(9)13-3/h4-5,11-12H,1-3H3,(H2,13,14,15). The Morgan fingerprint density at radius 2 is 1.87 bits per heavy atom. The molecule has 15 heavy (non-hydrogen) atoms. The molecular formula is C10H15N5. The van der Waals surface area contributed by atoms with Gasteiger partial charge in [-0.25, -0.2) is 0 Å². The molecule has 0 aliphatic heterocycles. The van der Waals surface area contributed by atoms with Crippen molar-refractivity contribution in [1.82, 2.24) is 10.2 Å². The van der Waals surface area contributed by atoms with Crippen molar-refractivity contribution in [2.45, 2.75) is 0 Å². The zero-order valence-electron chi connectivity index (χ0n) is 9.10. The summed E-state index contributed by atoms with van der Waals surface area (Å²) in [5.74, 6) is 0.858. The average Bonchev–Trinajstić information content (AvgIpc) is 2.70. The molecule has 5 nitrogen and oxygen atoms in total. The Morgan fingerprint density at radius 1 is 1.07 bits per heavy atom. The quantitative estimate of drug-likeness (QED) is 0.615. The van der Waals surface area contributed by atoms with E-state index in [1.807, 2.05) is 27.2 Å². The van der Waals surface area contributed by atoms with Crippen molar-refractivity contribution in [2.24, 2.45) is 0 Å². The van der Waals surface area contributed by atoms with E-state index in [0.717, 1.165) is 28.1 Å². The highest BCUT2D eigenvalue weighted by Gasteiger charge is 2.09. The van der Waals surface area contributed by atoms with Crippen molar-refractivity contribution in [3.05, 3.63) is 12.1 Å². The summed E-state index contributed by atoms with van der Waals surface area (Å²) in [7, 11) is 5.66. The number of nitrogens with one attached hydrogen (secondary N) is 4. The number of hydrogen-bond acceptors (Lipinski definition) is 4. The molecule has 0 spiro atoms. The second-order valence-electron chi connectivity index (χ2n) is 3.27. The zero-order valence-corrected chi connectivity index (χ0v) is 9.10. The zero-order chi connectivity index (χ0) is 10.8. The van der Waals surface area contributed by atoms with Gasteiger partial charge >= 0.3 is 0 Å². The van der Waals surface area contributed by atoms with Gasteiger partial charge in [-0.3, -0.25) is 5.10 Å². The Kier molecular flexibility index (Phi) is 2.37. The van der Waals surface area contributed by atoms with Crippen LogP contribution in [0.15, 0.2) is 12.1 Å². The smallest absolute Gasteiger partial charge is 0.157 e. The van der Waals surface area contributed by atoms with Crippen molar-refractivity contribution in [3.63, 3.8) is 0 Å². The van der Waals surface area contributed by atoms with E-state index in [-0.39, 0.29) is 0 Å². The van der Waals surface area contributed by atoms with Crippen LogP contribution in [0.4, 0.5) is 17.2 Å². The molecule has 80 valence electrons. The third-order valence-electron chi connectivity index (χ3n) is 2.46. The molecule has 0 fully saturated rings. The van der Waals surface area contributed by atoms with Crippen LogP contribution in [-0.4, -0.2) is 31.3 Å². The summed E-state index contributed by atoms with van der Waals surface area (Å²) < 4.78 is 0. The Hall–Kier alpha value is -1.91. The van der Waals surface area contributed by atoms with Crippen LogP contribution in [0.3, 0.4) is 0 Å². The molecule has 0 saturated carbocycles. The predicted molar refractivity (Wildman–Crippen MR) is 64.7 cm³/mol. The highest BCUT2D eigenvalue weighted by atomic mass is 15.2. The minimum atomic E-state index is 0.858. The van der Waals surface area contributed by atoms with Crippen LogP contribution in [0.5, 0.6) is 0 Å². The van der Waals surface area contributed by atoms with Gasteiger partial charge in [0.2, 0.25) is 0 Å². The summed E-state index contributed by atoms with van der Waals surface area (Å²) in [5, 5.41) is 17.6. The molecule has 1 aromatic heterocycles. The van der Waals surface area contributed by atoms with Crippen molar-refractivity contribution in [2.75, 3.05) is 37.1 Å². The van der Waals surface area contributed by atoms with E-state index < -0.39 is 0 Å². The van der Waals surface area contributed by atoms with E-state index in [2.05, 4.69) is 32.2 Å². The summed E-state index contributed by atoms with van der Waals surface area (Å²) in [4.78, 5) is 0. The first-order chi connectivity index (χ1) is 7.30. The lowest BCUT2D eigenvalue weighted by molar-refractivity contribution is 1.11. The van der Waals surface area contributed by atoms with Crippen LogP contribution in [0.2, 0.25) is 0 Å². The molecule has 0 bridgehead atoms. The number of benzene rings is 1. The molecule has 1 heterocycles. The van der Waals surface area contributed by atoms with Gasteiger partial charge < -0.3 is 16.0 Å². The van der Waals surface area contributed by atoms with Gasteiger partial charge in [-0.2, -0.15) is 5.10 Å². The molecule has 0 saturated heterocycles. The van der Waals surface area contributed by atoms with Crippen LogP contribution in [0.25, 0.3) is 10.9 Å². The summed E-state index contributed by atoms with van der Waals surface area (Å²) in [6.07, 6.45) is 0. The van der Waals surface area contributed by atoms with Gasteiger partial charge in [-0.15, -0.1) is 0 Å². The monoisotopic (exact) mass is 205 g/mol. The highest BCUT2D eigenvalue weighted by molar-refractivity contribution is 6.02. The van der Waals surface area contributed by atoms with E-state index >= 15 is 0 Å². The minimum absolute atomic E-state index is 0.858. The van der Waals surface area contributed by atoms with Crippen molar-refractivity contribution in [1.29, 1.82) is 0 Å². The second kappa shape index (κ2) is 3.68. The van der Waals surface area contributed by atoms with E-state index in [4.69, 9.17) is 0 Å². The molecule has 0 unspecified atom stereocenters. The number of anilines is 3. The molecule has 5 heteroatoms. The number of hydrogen-bond donors (Lipinski definition) is 4. The highest BCUT2D eigenvalue weighted by Crippen LogP contribution is 2.31. The van der Waals surface area contributed by atoms with Crippen molar-refractivity contribution in [3.8, 4) is 0 Å². The number of aromatic amines is 1. The average molecular weight is 205 g/mol. The maximum absolute atomic E-state index is 4.19. The minimum Gasteiger partial charge on any atom is -0.388 e. The second-order valence-corrected chi connectivity index (χ2v) is 3.27. The number of fused-ring (bicyclic) bond motifs is 1. The summed E-state index contributed by atoms with van der Waals surface area (Å²) in [6.45, 7) is 0. The van der Waals surface area contributed by atoms with Crippen LogP contribution >= 0.6 is 0 Å². The first-order valence-corrected chi connectivity index (χ1v) is 4.85. The normalized spacial score (nSPS) is 10.3. The third kappa shape index (κ3) is 1.45. The van der Waals surface area contributed by atoms with E-state index in [0.29, 0.717) is 0 Å². The largest absolute Gasteiger partial charge is 0.388 e.